The summed E-state index contributed by atoms with van der Waals surface area (Å²) in [7, 11) is 0. The second-order valence-corrected chi connectivity index (χ2v) is 7.29. The van der Waals surface area contributed by atoms with Crippen molar-refractivity contribution < 1.29 is 14.3 Å². The van der Waals surface area contributed by atoms with E-state index in [1.165, 1.54) is 0 Å². The standard InChI is InChI=1S/C16H29N3O3/c1-11(2)18-9-7-17-13(14(18)20)10-12(3)19-8-6-16(4,5)22-15(19)21/h11-13,17H,6-10H2,1-5H3. The molecule has 0 aromatic heterocycles. The fourth-order valence-corrected chi connectivity index (χ4v) is 3.15. The number of hydrogen-bond acceptors (Lipinski definition) is 4. The minimum atomic E-state index is -0.388. The van der Waals surface area contributed by atoms with Gasteiger partial charge in [-0.25, -0.2) is 4.79 Å². The van der Waals surface area contributed by atoms with Gasteiger partial charge in [0.2, 0.25) is 5.91 Å². The van der Waals surface area contributed by atoms with E-state index in [0.717, 1.165) is 19.5 Å². The molecule has 0 saturated carbocycles. The molecule has 2 amide bonds. The van der Waals surface area contributed by atoms with Gasteiger partial charge < -0.3 is 19.9 Å². The highest BCUT2D eigenvalue weighted by atomic mass is 16.6. The summed E-state index contributed by atoms with van der Waals surface area (Å²) < 4.78 is 5.45. The highest BCUT2D eigenvalue weighted by molar-refractivity contribution is 5.83. The van der Waals surface area contributed by atoms with E-state index >= 15 is 0 Å². The number of piperazine rings is 1. The molecule has 2 aliphatic heterocycles. The molecule has 2 aliphatic rings. The average Bonchev–Trinajstić information content (AvgIpc) is 2.39. The Labute approximate surface area is 133 Å². The third kappa shape index (κ3) is 3.72. The van der Waals surface area contributed by atoms with Gasteiger partial charge in [-0.05, 0) is 41.0 Å². The van der Waals surface area contributed by atoms with Crippen LogP contribution in [0, 0.1) is 0 Å². The smallest absolute Gasteiger partial charge is 0.410 e. The van der Waals surface area contributed by atoms with Gasteiger partial charge in [0.15, 0.2) is 0 Å². The summed E-state index contributed by atoms with van der Waals surface area (Å²) in [5.74, 6) is 0.138. The van der Waals surface area contributed by atoms with Crippen LogP contribution >= 0.6 is 0 Å². The number of rotatable bonds is 4. The Balaban J connectivity index is 1.95. The molecule has 0 bridgehead atoms. The van der Waals surface area contributed by atoms with Gasteiger partial charge >= 0.3 is 6.09 Å². The summed E-state index contributed by atoms with van der Waals surface area (Å²) >= 11 is 0. The van der Waals surface area contributed by atoms with Crippen molar-refractivity contribution in [2.45, 2.75) is 71.2 Å². The molecule has 0 radical (unpaired) electrons. The molecule has 0 spiro atoms. The predicted octanol–water partition coefficient (Wildman–Crippen LogP) is 1.59. The first-order chi connectivity index (χ1) is 10.2. The van der Waals surface area contributed by atoms with Crippen LogP contribution in [0.2, 0.25) is 0 Å². The Morgan fingerprint density at radius 1 is 1.23 bits per heavy atom. The molecule has 0 aromatic carbocycles. The molecule has 6 nitrogen and oxygen atoms in total. The Kier molecular flexibility index (Phi) is 5.00. The quantitative estimate of drug-likeness (QED) is 0.856. The summed E-state index contributed by atoms with van der Waals surface area (Å²) in [5, 5.41) is 3.28. The number of amides is 2. The molecule has 2 unspecified atom stereocenters. The normalized spacial score (nSPS) is 27.1. The van der Waals surface area contributed by atoms with Crippen LogP contribution < -0.4 is 5.32 Å². The summed E-state index contributed by atoms with van der Waals surface area (Å²) in [5.41, 5.74) is -0.388. The van der Waals surface area contributed by atoms with E-state index < -0.39 is 0 Å². The zero-order valence-corrected chi connectivity index (χ0v) is 14.4. The molecule has 6 heteroatoms. The molecule has 0 aromatic rings. The van der Waals surface area contributed by atoms with Gasteiger partial charge in [-0.2, -0.15) is 0 Å². The molecule has 2 atom stereocenters. The fraction of sp³-hybridized carbons (Fsp3) is 0.875. The van der Waals surface area contributed by atoms with Gasteiger partial charge in [0.05, 0.1) is 6.04 Å². The van der Waals surface area contributed by atoms with Gasteiger partial charge in [-0.3, -0.25) is 4.79 Å². The fourth-order valence-electron chi connectivity index (χ4n) is 3.15. The van der Waals surface area contributed by atoms with Crippen LogP contribution in [0.5, 0.6) is 0 Å². The molecule has 2 saturated heterocycles. The van der Waals surface area contributed by atoms with E-state index in [0.29, 0.717) is 13.0 Å². The number of cyclic esters (lactones) is 1. The molecule has 2 heterocycles. The van der Waals surface area contributed by atoms with Crippen molar-refractivity contribution in [3.8, 4) is 0 Å². The molecular formula is C16H29N3O3. The predicted molar refractivity (Wildman–Crippen MR) is 84.6 cm³/mol. The van der Waals surface area contributed by atoms with Gasteiger partial charge in [0.25, 0.3) is 0 Å². The topological polar surface area (TPSA) is 61.9 Å². The van der Waals surface area contributed by atoms with Crippen molar-refractivity contribution in [3.63, 3.8) is 0 Å². The molecule has 0 aliphatic carbocycles. The molecular weight excluding hydrogens is 282 g/mol. The maximum absolute atomic E-state index is 12.5. The highest BCUT2D eigenvalue weighted by Crippen LogP contribution is 2.25. The summed E-state index contributed by atoms with van der Waals surface area (Å²) in [6.07, 6.45) is 1.16. The third-order valence-corrected chi connectivity index (χ3v) is 4.61. The van der Waals surface area contributed by atoms with Crippen molar-refractivity contribution in [2.75, 3.05) is 19.6 Å². The Bertz CT molecular complexity index is 436. The first-order valence-electron chi connectivity index (χ1n) is 8.25. The van der Waals surface area contributed by atoms with Crippen LogP contribution in [0.1, 0.15) is 47.5 Å². The summed E-state index contributed by atoms with van der Waals surface area (Å²) in [4.78, 5) is 28.3. The second kappa shape index (κ2) is 6.44. The van der Waals surface area contributed by atoms with Crippen molar-refractivity contribution in [1.82, 2.24) is 15.1 Å². The van der Waals surface area contributed by atoms with Crippen LogP contribution in [-0.4, -0.2) is 65.2 Å². The van der Waals surface area contributed by atoms with Crippen LogP contribution in [0.25, 0.3) is 0 Å². The Morgan fingerprint density at radius 2 is 1.91 bits per heavy atom. The lowest BCUT2D eigenvalue weighted by Gasteiger charge is -2.41. The lowest BCUT2D eigenvalue weighted by molar-refractivity contribution is -0.138. The lowest BCUT2D eigenvalue weighted by atomic mass is 9.99. The van der Waals surface area contributed by atoms with E-state index in [4.69, 9.17) is 4.74 Å². The van der Waals surface area contributed by atoms with Crippen LogP contribution in [-0.2, 0) is 9.53 Å². The second-order valence-electron chi connectivity index (χ2n) is 7.29. The monoisotopic (exact) mass is 311 g/mol. The zero-order valence-electron chi connectivity index (χ0n) is 14.4. The number of hydrogen-bond donors (Lipinski definition) is 1. The maximum atomic E-state index is 12.5. The summed E-state index contributed by atoms with van der Waals surface area (Å²) in [6.45, 7) is 12.2. The molecule has 2 rings (SSSR count). The minimum Gasteiger partial charge on any atom is -0.443 e. The molecule has 126 valence electrons. The van der Waals surface area contributed by atoms with Crippen LogP contribution in [0.15, 0.2) is 0 Å². The number of ether oxygens (including phenoxy) is 1. The maximum Gasteiger partial charge on any atom is 0.410 e. The van der Waals surface area contributed by atoms with Gasteiger partial charge in [-0.15, -0.1) is 0 Å². The van der Waals surface area contributed by atoms with Crippen molar-refractivity contribution in [3.05, 3.63) is 0 Å². The highest BCUT2D eigenvalue weighted by Gasteiger charge is 2.37. The molecule has 22 heavy (non-hydrogen) atoms. The molecule has 1 N–H and O–H groups in total. The minimum absolute atomic E-state index is 0.0165. The Hall–Kier alpha value is -1.30. The first-order valence-corrected chi connectivity index (χ1v) is 8.25. The van der Waals surface area contributed by atoms with Crippen molar-refractivity contribution in [1.29, 1.82) is 0 Å². The van der Waals surface area contributed by atoms with Crippen molar-refractivity contribution in [2.24, 2.45) is 0 Å². The van der Waals surface area contributed by atoms with E-state index in [1.807, 2.05) is 39.5 Å². The number of nitrogens with one attached hydrogen (secondary N) is 1. The number of nitrogens with zero attached hydrogens (tertiary/aromatic N) is 2. The average molecular weight is 311 g/mol. The van der Waals surface area contributed by atoms with Gasteiger partial charge in [0.1, 0.15) is 5.60 Å². The molecule has 2 fully saturated rings. The lowest BCUT2D eigenvalue weighted by Crippen LogP contribution is -2.59. The number of carbonyl (C=O) groups excluding carboxylic acids is 2. The first kappa shape index (κ1) is 17.1. The number of carbonyl (C=O) groups is 2. The van der Waals surface area contributed by atoms with Crippen molar-refractivity contribution >= 4 is 12.0 Å². The third-order valence-electron chi connectivity index (χ3n) is 4.61. The van der Waals surface area contributed by atoms with Gasteiger partial charge in [0, 0.05) is 38.1 Å². The van der Waals surface area contributed by atoms with Crippen LogP contribution in [0.3, 0.4) is 0 Å². The van der Waals surface area contributed by atoms with E-state index in [-0.39, 0.29) is 35.7 Å². The Morgan fingerprint density at radius 3 is 2.50 bits per heavy atom. The zero-order chi connectivity index (χ0) is 16.5. The van der Waals surface area contributed by atoms with E-state index in [9.17, 15) is 9.59 Å². The van der Waals surface area contributed by atoms with E-state index in [2.05, 4.69) is 5.32 Å². The van der Waals surface area contributed by atoms with E-state index in [1.54, 1.807) is 4.90 Å². The van der Waals surface area contributed by atoms with Gasteiger partial charge in [-0.1, -0.05) is 0 Å². The largest absolute Gasteiger partial charge is 0.443 e. The van der Waals surface area contributed by atoms with Crippen LogP contribution in [0.4, 0.5) is 4.79 Å². The SMILES string of the molecule is CC(C)N1CCNC(CC(C)N2CCC(C)(C)OC2=O)C1=O. The summed E-state index contributed by atoms with van der Waals surface area (Å²) in [6, 6.07) is -0.0146.